The van der Waals surface area contributed by atoms with Crippen molar-refractivity contribution in [3.63, 3.8) is 0 Å². The van der Waals surface area contributed by atoms with Gasteiger partial charge in [-0.3, -0.25) is 14.6 Å². The van der Waals surface area contributed by atoms with Crippen LogP contribution < -0.4 is 10.2 Å². The fraction of sp³-hybridized carbons (Fsp3) is 0.107. The number of hydrogen-bond acceptors (Lipinski definition) is 6. The number of carbonyl (C=O) groups excluding carboxylic acids is 2. The Morgan fingerprint density at radius 2 is 1.57 bits per heavy atom. The summed E-state index contributed by atoms with van der Waals surface area (Å²) in [6, 6.07) is 24.5. The maximum atomic E-state index is 12.9. The Hall–Kier alpha value is -4.65. The van der Waals surface area contributed by atoms with Crippen LogP contribution in [0.4, 0.5) is 0 Å². The molecule has 1 heterocycles. The van der Waals surface area contributed by atoms with Gasteiger partial charge in [0.15, 0.2) is 11.5 Å². The number of aromatic nitrogens is 1. The molecule has 7 heteroatoms. The van der Waals surface area contributed by atoms with Crippen LogP contribution in [0.1, 0.15) is 23.9 Å². The summed E-state index contributed by atoms with van der Waals surface area (Å²) >= 11 is 0. The van der Waals surface area contributed by atoms with Crippen molar-refractivity contribution in [3.8, 4) is 28.3 Å². The second kappa shape index (κ2) is 10.5. The molecule has 4 aromatic rings. The minimum Gasteiger partial charge on any atom is -0.435 e. The van der Waals surface area contributed by atoms with E-state index < -0.39 is 5.97 Å². The lowest BCUT2D eigenvalue weighted by molar-refractivity contribution is -0.211. The number of nitrogens with one attached hydrogen (secondary N) is 1. The minimum absolute atomic E-state index is 0.174. The Labute approximate surface area is 203 Å². The third-order valence-corrected chi connectivity index (χ3v) is 5.29. The number of rotatable bonds is 7. The van der Waals surface area contributed by atoms with Gasteiger partial charge < -0.3 is 9.73 Å². The number of amides is 1. The zero-order valence-electron chi connectivity index (χ0n) is 19.6. The average Bonchev–Trinajstić information content (AvgIpc) is 3.33. The van der Waals surface area contributed by atoms with Gasteiger partial charge in [0.2, 0.25) is 5.89 Å². The lowest BCUT2D eigenvalue weighted by Gasteiger charge is -2.09. The van der Waals surface area contributed by atoms with Crippen molar-refractivity contribution in [2.24, 2.45) is 0 Å². The number of benzene rings is 3. The van der Waals surface area contributed by atoms with Crippen LogP contribution in [-0.2, 0) is 14.5 Å². The summed E-state index contributed by atoms with van der Waals surface area (Å²) in [5.41, 5.74) is 3.92. The SMILES string of the molecule is CNC(=O)C(=Cc1cccc(OOC(C)=O)c1C)c1nc(-c2ccccc2)c(-c2ccccc2)o1. The van der Waals surface area contributed by atoms with Crippen LogP contribution in [0.15, 0.2) is 83.3 Å². The highest BCUT2D eigenvalue weighted by Crippen LogP contribution is 2.35. The highest BCUT2D eigenvalue weighted by Gasteiger charge is 2.23. The van der Waals surface area contributed by atoms with Crippen LogP contribution in [0.5, 0.6) is 5.75 Å². The first-order valence-corrected chi connectivity index (χ1v) is 11.0. The summed E-state index contributed by atoms with van der Waals surface area (Å²) in [5, 5.41) is 2.66. The van der Waals surface area contributed by atoms with Crippen molar-refractivity contribution >= 4 is 23.5 Å². The largest absolute Gasteiger partial charge is 0.435 e. The van der Waals surface area contributed by atoms with Crippen molar-refractivity contribution in [1.82, 2.24) is 10.3 Å². The first kappa shape index (κ1) is 23.5. The predicted octanol–water partition coefficient (Wildman–Crippen LogP) is 5.46. The molecule has 0 spiro atoms. The van der Waals surface area contributed by atoms with Crippen molar-refractivity contribution in [2.75, 3.05) is 7.05 Å². The van der Waals surface area contributed by atoms with E-state index in [0.717, 1.165) is 11.1 Å². The van der Waals surface area contributed by atoms with Gasteiger partial charge in [0.05, 0.1) is 0 Å². The van der Waals surface area contributed by atoms with Crippen LogP contribution in [0.25, 0.3) is 34.2 Å². The smallest absolute Gasteiger partial charge is 0.352 e. The Balaban J connectivity index is 1.85. The zero-order chi connectivity index (χ0) is 24.8. The first-order valence-electron chi connectivity index (χ1n) is 11.0. The number of carbonyl (C=O) groups is 2. The molecule has 1 amide bonds. The molecule has 0 aliphatic rings. The second-order valence-electron chi connectivity index (χ2n) is 7.69. The summed E-state index contributed by atoms with van der Waals surface area (Å²) in [4.78, 5) is 38.6. The molecule has 7 nitrogen and oxygen atoms in total. The molecule has 0 saturated carbocycles. The monoisotopic (exact) mass is 468 g/mol. The van der Waals surface area contributed by atoms with Gasteiger partial charge >= 0.3 is 5.97 Å². The molecular formula is C28H24N2O5. The lowest BCUT2D eigenvalue weighted by Crippen LogP contribution is -2.19. The van der Waals surface area contributed by atoms with Crippen molar-refractivity contribution in [3.05, 3.63) is 95.9 Å². The van der Waals surface area contributed by atoms with Crippen LogP contribution >= 0.6 is 0 Å². The van der Waals surface area contributed by atoms with E-state index in [9.17, 15) is 9.59 Å². The summed E-state index contributed by atoms with van der Waals surface area (Å²) in [6.07, 6.45) is 1.67. The molecular weight excluding hydrogens is 444 g/mol. The minimum atomic E-state index is -0.571. The predicted molar refractivity (Wildman–Crippen MR) is 133 cm³/mol. The molecule has 0 unspecified atom stereocenters. The average molecular weight is 469 g/mol. The van der Waals surface area contributed by atoms with Gasteiger partial charge in [-0.25, -0.2) is 9.78 Å². The third kappa shape index (κ3) is 5.30. The van der Waals surface area contributed by atoms with Crippen LogP contribution in [0, 0.1) is 6.92 Å². The van der Waals surface area contributed by atoms with Gasteiger partial charge in [0, 0.05) is 30.7 Å². The lowest BCUT2D eigenvalue weighted by atomic mass is 10.0. The van der Waals surface area contributed by atoms with Gasteiger partial charge in [-0.1, -0.05) is 72.8 Å². The van der Waals surface area contributed by atoms with Gasteiger partial charge in [-0.2, -0.15) is 0 Å². The summed E-state index contributed by atoms with van der Waals surface area (Å²) in [7, 11) is 1.54. The van der Waals surface area contributed by atoms with Gasteiger partial charge in [0.1, 0.15) is 11.3 Å². The second-order valence-corrected chi connectivity index (χ2v) is 7.69. The maximum Gasteiger partial charge on any atom is 0.352 e. The molecule has 0 fully saturated rings. The molecule has 35 heavy (non-hydrogen) atoms. The molecule has 0 bridgehead atoms. The van der Waals surface area contributed by atoms with E-state index >= 15 is 0 Å². The summed E-state index contributed by atoms with van der Waals surface area (Å²) < 4.78 is 6.22. The zero-order valence-corrected chi connectivity index (χ0v) is 19.6. The molecule has 3 aromatic carbocycles. The highest BCUT2D eigenvalue weighted by atomic mass is 17.2. The fourth-order valence-electron chi connectivity index (χ4n) is 3.51. The first-order chi connectivity index (χ1) is 17.0. The van der Waals surface area contributed by atoms with Crippen LogP contribution in [0.2, 0.25) is 0 Å². The molecule has 4 rings (SSSR count). The van der Waals surface area contributed by atoms with E-state index in [1.807, 2.05) is 66.7 Å². The normalized spacial score (nSPS) is 11.1. The van der Waals surface area contributed by atoms with Crippen LogP contribution in [0.3, 0.4) is 0 Å². The quantitative estimate of drug-likeness (QED) is 0.220. The molecule has 0 aliphatic carbocycles. The number of nitrogens with zero attached hydrogens (tertiary/aromatic N) is 1. The van der Waals surface area contributed by atoms with Crippen LogP contribution in [-0.4, -0.2) is 23.9 Å². The van der Waals surface area contributed by atoms with Gasteiger partial charge in [-0.15, -0.1) is 0 Å². The van der Waals surface area contributed by atoms with E-state index in [1.54, 1.807) is 32.2 Å². The number of hydrogen-bond donors (Lipinski definition) is 1. The maximum absolute atomic E-state index is 12.9. The number of likely N-dealkylation sites (N-methyl/N-ethyl adjacent to an activating group) is 1. The molecule has 1 aromatic heterocycles. The summed E-state index contributed by atoms with van der Waals surface area (Å²) in [5.74, 6) is 0.153. The van der Waals surface area contributed by atoms with Crippen molar-refractivity contribution < 1.29 is 23.8 Å². The standard InChI is InChI=1S/C28H24N2O5/c1-18-22(15-10-16-24(18)35-34-19(2)31)17-23(27(32)29-3)28-30-25(20-11-6-4-7-12-20)26(33-28)21-13-8-5-9-14-21/h4-17H,1-3H3,(H,29,32). The Bertz CT molecular complexity index is 1320. The van der Waals surface area contributed by atoms with Crippen molar-refractivity contribution in [1.29, 1.82) is 0 Å². The van der Waals surface area contributed by atoms with E-state index in [1.165, 1.54) is 6.92 Å². The molecule has 176 valence electrons. The summed E-state index contributed by atoms with van der Waals surface area (Å²) in [6.45, 7) is 3.05. The topological polar surface area (TPSA) is 90.7 Å². The van der Waals surface area contributed by atoms with E-state index in [-0.39, 0.29) is 17.4 Å². The highest BCUT2D eigenvalue weighted by molar-refractivity contribution is 6.23. The molecule has 0 radical (unpaired) electrons. The third-order valence-electron chi connectivity index (χ3n) is 5.29. The van der Waals surface area contributed by atoms with E-state index in [0.29, 0.717) is 28.3 Å². The van der Waals surface area contributed by atoms with E-state index in [2.05, 4.69) is 10.2 Å². The fourth-order valence-corrected chi connectivity index (χ4v) is 3.51. The Morgan fingerprint density at radius 1 is 0.914 bits per heavy atom. The molecule has 0 saturated heterocycles. The van der Waals surface area contributed by atoms with Crippen molar-refractivity contribution in [2.45, 2.75) is 13.8 Å². The molecule has 0 aliphatic heterocycles. The Kier molecular flexibility index (Phi) is 7.07. The van der Waals surface area contributed by atoms with Gasteiger partial charge in [0.25, 0.3) is 5.91 Å². The molecule has 0 atom stereocenters. The molecule has 1 N–H and O–H groups in total. The Morgan fingerprint density at radius 3 is 2.20 bits per heavy atom. The van der Waals surface area contributed by atoms with E-state index in [4.69, 9.17) is 14.3 Å². The van der Waals surface area contributed by atoms with Gasteiger partial charge in [-0.05, 0) is 24.6 Å². The number of oxazole rings is 1.